The number of aryl methyl sites for hydroxylation is 2. The zero-order valence-electron chi connectivity index (χ0n) is 11.6. The standard InChI is InChI=1S/C14H20N4O/c1-4-7-18-10-13(5-6-14(18)19)16-11(2)12-8-15-17(3)9-12/h5-6,8-11,16H,4,7H2,1-3H3. The van der Waals surface area contributed by atoms with Gasteiger partial charge >= 0.3 is 0 Å². The van der Waals surface area contributed by atoms with Gasteiger partial charge in [-0.1, -0.05) is 6.92 Å². The number of aromatic nitrogens is 3. The van der Waals surface area contributed by atoms with Crippen LogP contribution in [0, 0.1) is 0 Å². The summed E-state index contributed by atoms with van der Waals surface area (Å²) in [5, 5.41) is 7.55. The molecular weight excluding hydrogens is 240 g/mol. The van der Waals surface area contributed by atoms with E-state index in [-0.39, 0.29) is 11.6 Å². The summed E-state index contributed by atoms with van der Waals surface area (Å²) in [4.78, 5) is 11.6. The molecular formula is C14H20N4O. The van der Waals surface area contributed by atoms with Gasteiger partial charge in [-0.25, -0.2) is 0 Å². The van der Waals surface area contributed by atoms with Gasteiger partial charge in [-0.05, 0) is 19.4 Å². The summed E-state index contributed by atoms with van der Waals surface area (Å²) in [5.74, 6) is 0. The number of anilines is 1. The van der Waals surface area contributed by atoms with E-state index in [1.165, 1.54) is 0 Å². The van der Waals surface area contributed by atoms with Crippen molar-refractivity contribution in [2.45, 2.75) is 32.9 Å². The van der Waals surface area contributed by atoms with E-state index in [9.17, 15) is 4.79 Å². The van der Waals surface area contributed by atoms with E-state index >= 15 is 0 Å². The van der Waals surface area contributed by atoms with Crippen molar-refractivity contribution < 1.29 is 0 Å². The maximum atomic E-state index is 11.6. The van der Waals surface area contributed by atoms with E-state index in [4.69, 9.17) is 0 Å². The van der Waals surface area contributed by atoms with Gasteiger partial charge in [-0.3, -0.25) is 9.48 Å². The Morgan fingerprint density at radius 2 is 2.16 bits per heavy atom. The molecule has 0 aliphatic carbocycles. The average molecular weight is 260 g/mol. The fourth-order valence-electron chi connectivity index (χ4n) is 2.03. The molecule has 0 bridgehead atoms. The van der Waals surface area contributed by atoms with Gasteiger partial charge in [0.15, 0.2) is 0 Å². The SMILES string of the molecule is CCCn1cc(NC(C)c2cnn(C)c2)ccc1=O. The second-order valence-corrected chi connectivity index (χ2v) is 4.76. The number of hydrogen-bond acceptors (Lipinski definition) is 3. The first kappa shape index (κ1) is 13.4. The molecule has 102 valence electrons. The van der Waals surface area contributed by atoms with E-state index in [0.717, 1.165) is 24.2 Å². The number of nitrogens with one attached hydrogen (secondary N) is 1. The lowest BCUT2D eigenvalue weighted by atomic mass is 10.2. The topological polar surface area (TPSA) is 51.9 Å². The van der Waals surface area contributed by atoms with Crippen molar-refractivity contribution in [3.05, 3.63) is 46.6 Å². The molecule has 1 unspecified atom stereocenters. The number of nitrogens with zero attached hydrogens (tertiary/aromatic N) is 3. The Kier molecular flexibility index (Phi) is 4.04. The molecule has 0 saturated heterocycles. The van der Waals surface area contributed by atoms with Crippen molar-refractivity contribution in [3.63, 3.8) is 0 Å². The van der Waals surface area contributed by atoms with Gasteiger partial charge in [0.2, 0.25) is 0 Å². The summed E-state index contributed by atoms with van der Waals surface area (Å²) in [6, 6.07) is 3.58. The molecule has 0 aromatic carbocycles. The second-order valence-electron chi connectivity index (χ2n) is 4.76. The lowest BCUT2D eigenvalue weighted by Gasteiger charge is -2.15. The monoisotopic (exact) mass is 260 g/mol. The van der Waals surface area contributed by atoms with Crippen LogP contribution in [-0.2, 0) is 13.6 Å². The summed E-state index contributed by atoms with van der Waals surface area (Å²) in [6.07, 6.45) is 6.65. The molecule has 19 heavy (non-hydrogen) atoms. The van der Waals surface area contributed by atoms with Crippen LogP contribution < -0.4 is 10.9 Å². The molecule has 0 amide bonds. The highest BCUT2D eigenvalue weighted by Crippen LogP contribution is 2.17. The maximum absolute atomic E-state index is 11.6. The van der Waals surface area contributed by atoms with Gasteiger partial charge in [0.05, 0.1) is 17.9 Å². The number of hydrogen-bond donors (Lipinski definition) is 1. The second kappa shape index (κ2) is 5.73. The fraction of sp³-hybridized carbons (Fsp3) is 0.429. The van der Waals surface area contributed by atoms with Gasteiger partial charge in [0, 0.05) is 37.6 Å². The lowest BCUT2D eigenvalue weighted by molar-refractivity contribution is 0.654. The summed E-state index contributed by atoms with van der Waals surface area (Å²) >= 11 is 0. The minimum absolute atomic E-state index is 0.0430. The van der Waals surface area contributed by atoms with Crippen LogP contribution in [0.5, 0.6) is 0 Å². The summed E-state index contributed by atoms with van der Waals surface area (Å²) < 4.78 is 3.52. The first-order chi connectivity index (χ1) is 9.10. The molecule has 1 atom stereocenters. The molecule has 2 heterocycles. The van der Waals surface area contributed by atoms with E-state index in [1.54, 1.807) is 15.3 Å². The highest BCUT2D eigenvalue weighted by Gasteiger charge is 2.08. The Morgan fingerprint density at radius 3 is 2.79 bits per heavy atom. The van der Waals surface area contributed by atoms with Crippen molar-refractivity contribution in [1.29, 1.82) is 0 Å². The van der Waals surface area contributed by atoms with Gasteiger partial charge in [-0.15, -0.1) is 0 Å². The minimum Gasteiger partial charge on any atom is -0.377 e. The zero-order valence-corrected chi connectivity index (χ0v) is 11.6. The van der Waals surface area contributed by atoms with Crippen LogP contribution >= 0.6 is 0 Å². The summed E-state index contributed by atoms with van der Waals surface area (Å²) in [7, 11) is 1.90. The molecule has 0 spiro atoms. The van der Waals surface area contributed by atoms with E-state index in [1.807, 2.05) is 31.7 Å². The molecule has 2 aromatic rings. The highest BCUT2D eigenvalue weighted by atomic mass is 16.1. The smallest absolute Gasteiger partial charge is 0.250 e. The molecule has 2 aromatic heterocycles. The molecule has 0 aliphatic heterocycles. The Morgan fingerprint density at radius 1 is 1.37 bits per heavy atom. The van der Waals surface area contributed by atoms with Crippen molar-refractivity contribution >= 4 is 5.69 Å². The molecule has 0 fully saturated rings. The van der Waals surface area contributed by atoms with Crippen molar-refractivity contribution in [2.75, 3.05) is 5.32 Å². The van der Waals surface area contributed by atoms with Crippen molar-refractivity contribution in [3.8, 4) is 0 Å². The van der Waals surface area contributed by atoms with Crippen LogP contribution in [0.25, 0.3) is 0 Å². The van der Waals surface area contributed by atoms with Crippen LogP contribution in [0.3, 0.4) is 0 Å². The molecule has 1 N–H and O–H groups in total. The summed E-state index contributed by atoms with van der Waals surface area (Å²) in [6.45, 7) is 4.88. The zero-order chi connectivity index (χ0) is 13.8. The average Bonchev–Trinajstić information content (AvgIpc) is 2.80. The van der Waals surface area contributed by atoms with E-state index < -0.39 is 0 Å². The van der Waals surface area contributed by atoms with Crippen molar-refractivity contribution in [2.24, 2.45) is 7.05 Å². The molecule has 0 saturated carbocycles. The Labute approximate surface area is 112 Å². The van der Waals surface area contributed by atoms with Gasteiger partial charge in [-0.2, -0.15) is 5.10 Å². The summed E-state index contributed by atoms with van der Waals surface area (Å²) in [5.41, 5.74) is 2.11. The Hall–Kier alpha value is -2.04. The van der Waals surface area contributed by atoms with Gasteiger partial charge in [0.25, 0.3) is 5.56 Å². The quantitative estimate of drug-likeness (QED) is 0.896. The van der Waals surface area contributed by atoms with Crippen molar-refractivity contribution in [1.82, 2.24) is 14.3 Å². The first-order valence-electron chi connectivity index (χ1n) is 6.55. The minimum atomic E-state index is 0.0430. The normalized spacial score (nSPS) is 12.4. The van der Waals surface area contributed by atoms with E-state index in [0.29, 0.717) is 0 Å². The van der Waals surface area contributed by atoms with Gasteiger partial charge in [0.1, 0.15) is 0 Å². The Balaban J connectivity index is 2.14. The van der Waals surface area contributed by atoms with Crippen LogP contribution in [0.15, 0.2) is 35.5 Å². The third-order valence-corrected chi connectivity index (χ3v) is 3.06. The maximum Gasteiger partial charge on any atom is 0.250 e. The molecule has 5 heteroatoms. The molecule has 0 radical (unpaired) electrons. The molecule has 2 rings (SSSR count). The first-order valence-corrected chi connectivity index (χ1v) is 6.55. The lowest BCUT2D eigenvalue weighted by Crippen LogP contribution is -2.19. The predicted octanol–water partition coefficient (Wildman–Crippen LogP) is 2.16. The third kappa shape index (κ3) is 3.24. The molecule has 0 aliphatic rings. The molecule has 5 nitrogen and oxygen atoms in total. The third-order valence-electron chi connectivity index (χ3n) is 3.06. The predicted molar refractivity (Wildman–Crippen MR) is 76.2 cm³/mol. The highest BCUT2D eigenvalue weighted by molar-refractivity contribution is 5.42. The van der Waals surface area contributed by atoms with Crippen LogP contribution in [-0.4, -0.2) is 14.3 Å². The van der Waals surface area contributed by atoms with Crippen LogP contribution in [0.1, 0.15) is 31.9 Å². The van der Waals surface area contributed by atoms with Crippen LogP contribution in [0.4, 0.5) is 5.69 Å². The fourth-order valence-corrected chi connectivity index (χ4v) is 2.03. The van der Waals surface area contributed by atoms with E-state index in [2.05, 4.69) is 24.3 Å². The largest absolute Gasteiger partial charge is 0.377 e. The number of rotatable bonds is 5. The van der Waals surface area contributed by atoms with Gasteiger partial charge < -0.3 is 9.88 Å². The Bertz CT molecular complexity index is 599. The number of pyridine rings is 1. The van der Waals surface area contributed by atoms with Crippen LogP contribution in [0.2, 0.25) is 0 Å².